The molecule has 188 valence electrons. The zero-order chi connectivity index (χ0) is 24.8. The van der Waals surface area contributed by atoms with Crippen LogP contribution in [0, 0.1) is 0 Å². The fourth-order valence-electron chi connectivity index (χ4n) is 5.09. The number of amides is 1. The number of likely N-dealkylation sites (N-methyl/N-ethyl adjacent to an activating group) is 1. The first kappa shape index (κ1) is 25.0. The molecule has 0 saturated heterocycles. The lowest BCUT2D eigenvalue weighted by molar-refractivity contribution is -0.134. The molecule has 2 aromatic carbocycles. The third kappa shape index (κ3) is 5.78. The largest absolute Gasteiger partial charge is 0.497 e. The molecule has 1 saturated carbocycles. The van der Waals surface area contributed by atoms with E-state index in [-0.39, 0.29) is 11.9 Å². The van der Waals surface area contributed by atoms with Crippen LogP contribution in [0.4, 0.5) is 0 Å². The predicted octanol–water partition coefficient (Wildman–Crippen LogP) is 5.04. The van der Waals surface area contributed by atoms with Gasteiger partial charge in [0.2, 0.25) is 0 Å². The summed E-state index contributed by atoms with van der Waals surface area (Å²) in [6, 6.07) is 14.0. The van der Waals surface area contributed by atoms with E-state index < -0.39 is 0 Å². The molecule has 4 rings (SSSR count). The average molecular weight is 480 g/mol. The molecular weight excluding hydrogens is 442 g/mol. The zero-order valence-electron chi connectivity index (χ0n) is 21.3. The Morgan fingerprint density at radius 3 is 2.40 bits per heavy atom. The Labute approximate surface area is 208 Å². The van der Waals surface area contributed by atoms with Crippen molar-refractivity contribution in [3.05, 3.63) is 53.6 Å². The normalized spacial score (nSPS) is 18.5. The molecular formula is C28H37N3O4. The summed E-state index contributed by atoms with van der Waals surface area (Å²) >= 11 is 0. The maximum Gasteiger partial charge on any atom is 0.257 e. The SMILES string of the molecule is CCOc1ccc(C2CC(c3ccc(OC)cc3OC)=NN2C(=O)CN(C)C2CCCCC2)cc1. The van der Waals surface area contributed by atoms with Gasteiger partial charge in [-0.1, -0.05) is 31.4 Å². The van der Waals surface area contributed by atoms with Crippen molar-refractivity contribution in [3.8, 4) is 17.2 Å². The lowest BCUT2D eigenvalue weighted by Gasteiger charge is -2.32. The third-order valence-corrected chi connectivity index (χ3v) is 7.04. The molecule has 7 nitrogen and oxygen atoms in total. The van der Waals surface area contributed by atoms with Gasteiger partial charge in [-0.15, -0.1) is 0 Å². The van der Waals surface area contributed by atoms with Gasteiger partial charge in [-0.2, -0.15) is 5.10 Å². The summed E-state index contributed by atoms with van der Waals surface area (Å²) in [6.45, 7) is 2.94. The van der Waals surface area contributed by atoms with Gasteiger partial charge in [-0.3, -0.25) is 9.69 Å². The number of rotatable bonds is 9. The summed E-state index contributed by atoms with van der Waals surface area (Å²) in [7, 11) is 5.33. The molecule has 1 heterocycles. The van der Waals surface area contributed by atoms with Crippen molar-refractivity contribution in [1.29, 1.82) is 0 Å². The van der Waals surface area contributed by atoms with E-state index in [9.17, 15) is 4.79 Å². The van der Waals surface area contributed by atoms with Gasteiger partial charge in [-0.25, -0.2) is 5.01 Å². The number of carbonyl (C=O) groups is 1. The number of hydrazone groups is 1. The van der Waals surface area contributed by atoms with E-state index in [4.69, 9.17) is 19.3 Å². The monoisotopic (exact) mass is 479 g/mol. The first-order valence-corrected chi connectivity index (χ1v) is 12.6. The van der Waals surface area contributed by atoms with Crippen LogP contribution in [0.3, 0.4) is 0 Å². The standard InChI is InChI=1S/C28H37N3O4/c1-5-35-22-13-11-20(12-14-22)26-18-25(24-16-15-23(33-3)17-27(24)34-4)29-31(26)28(32)19-30(2)21-9-7-6-8-10-21/h11-17,21,26H,5-10,18-19H2,1-4H3. The first-order valence-electron chi connectivity index (χ1n) is 12.6. The summed E-state index contributed by atoms with van der Waals surface area (Å²) in [6.07, 6.45) is 6.69. The van der Waals surface area contributed by atoms with Crippen molar-refractivity contribution in [1.82, 2.24) is 9.91 Å². The summed E-state index contributed by atoms with van der Waals surface area (Å²) in [5, 5.41) is 6.53. The number of benzene rings is 2. The number of nitrogens with zero attached hydrogens (tertiary/aromatic N) is 3. The Hall–Kier alpha value is -3.06. The molecule has 1 amide bonds. The Kier molecular flexibility index (Phi) is 8.29. The van der Waals surface area contributed by atoms with Crippen LogP contribution >= 0.6 is 0 Å². The number of methoxy groups -OCH3 is 2. The van der Waals surface area contributed by atoms with E-state index in [1.807, 2.05) is 49.4 Å². The fourth-order valence-corrected chi connectivity index (χ4v) is 5.09. The van der Waals surface area contributed by atoms with Crippen LogP contribution in [-0.4, -0.2) is 62.0 Å². The van der Waals surface area contributed by atoms with Gasteiger partial charge in [0.05, 0.1) is 39.1 Å². The van der Waals surface area contributed by atoms with Crippen molar-refractivity contribution in [3.63, 3.8) is 0 Å². The number of ether oxygens (including phenoxy) is 3. The van der Waals surface area contributed by atoms with Gasteiger partial charge in [-0.05, 0) is 56.6 Å². The molecule has 1 fully saturated rings. The minimum absolute atomic E-state index is 0.0134. The molecule has 0 bridgehead atoms. The van der Waals surface area contributed by atoms with E-state index in [2.05, 4.69) is 11.9 Å². The highest BCUT2D eigenvalue weighted by Crippen LogP contribution is 2.37. The van der Waals surface area contributed by atoms with Crippen LogP contribution in [-0.2, 0) is 4.79 Å². The summed E-state index contributed by atoms with van der Waals surface area (Å²) in [4.78, 5) is 15.8. The zero-order valence-corrected chi connectivity index (χ0v) is 21.3. The molecule has 1 aliphatic heterocycles. The van der Waals surface area contributed by atoms with Crippen LogP contribution in [0.25, 0.3) is 0 Å². The predicted molar refractivity (Wildman–Crippen MR) is 137 cm³/mol. The molecule has 0 spiro atoms. The lowest BCUT2D eigenvalue weighted by Crippen LogP contribution is -2.41. The van der Waals surface area contributed by atoms with Gasteiger partial charge < -0.3 is 14.2 Å². The molecule has 7 heteroatoms. The molecule has 0 radical (unpaired) electrons. The Morgan fingerprint density at radius 1 is 1.03 bits per heavy atom. The van der Waals surface area contributed by atoms with Gasteiger partial charge in [0.1, 0.15) is 17.2 Å². The second-order valence-corrected chi connectivity index (χ2v) is 9.28. The second-order valence-electron chi connectivity index (χ2n) is 9.28. The minimum Gasteiger partial charge on any atom is -0.497 e. The molecule has 35 heavy (non-hydrogen) atoms. The molecule has 2 aromatic rings. The first-order chi connectivity index (χ1) is 17.0. The molecule has 1 aliphatic carbocycles. The van der Waals surface area contributed by atoms with Gasteiger partial charge in [0.15, 0.2) is 0 Å². The average Bonchev–Trinajstić information content (AvgIpc) is 3.35. The van der Waals surface area contributed by atoms with E-state index in [1.54, 1.807) is 19.2 Å². The van der Waals surface area contributed by atoms with Crippen molar-refractivity contribution < 1.29 is 19.0 Å². The Balaban J connectivity index is 1.61. The highest BCUT2D eigenvalue weighted by molar-refractivity contribution is 6.05. The molecule has 2 aliphatic rings. The van der Waals surface area contributed by atoms with Crippen LogP contribution < -0.4 is 14.2 Å². The molecule has 1 unspecified atom stereocenters. The highest BCUT2D eigenvalue weighted by atomic mass is 16.5. The second kappa shape index (κ2) is 11.6. The van der Waals surface area contributed by atoms with Crippen LogP contribution in [0.15, 0.2) is 47.6 Å². The fraction of sp³-hybridized carbons (Fsp3) is 0.500. The molecule has 0 aromatic heterocycles. The molecule has 1 atom stereocenters. The Bertz CT molecular complexity index is 1030. The van der Waals surface area contributed by atoms with Gasteiger partial charge in [0.25, 0.3) is 5.91 Å². The maximum atomic E-state index is 13.6. The summed E-state index contributed by atoms with van der Waals surface area (Å²) in [5.41, 5.74) is 2.74. The van der Waals surface area contributed by atoms with Crippen LogP contribution in [0.2, 0.25) is 0 Å². The van der Waals surface area contributed by atoms with E-state index in [0.717, 1.165) is 35.4 Å². The van der Waals surface area contributed by atoms with E-state index in [1.165, 1.54) is 19.3 Å². The smallest absolute Gasteiger partial charge is 0.257 e. The van der Waals surface area contributed by atoms with Crippen molar-refractivity contribution >= 4 is 11.6 Å². The topological polar surface area (TPSA) is 63.6 Å². The summed E-state index contributed by atoms with van der Waals surface area (Å²) < 4.78 is 16.6. The van der Waals surface area contributed by atoms with E-state index in [0.29, 0.717) is 37.1 Å². The van der Waals surface area contributed by atoms with Crippen molar-refractivity contribution in [2.24, 2.45) is 5.10 Å². The lowest BCUT2D eigenvalue weighted by atomic mass is 9.94. The number of hydrogen-bond acceptors (Lipinski definition) is 6. The number of hydrogen-bond donors (Lipinski definition) is 0. The Morgan fingerprint density at radius 2 is 1.74 bits per heavy atom. The van der Waals surface area contributed by atoms with Crippen LogP contribution in [0.1, 0.15) is 62.6 Å². The third-order valence-electron chi connectivity index (χ3n) is 7.04. The molecule has 0 N–H and O–H groups in total. The minimum atomic E-state index is -0.181. The van der Waals surface area contributed by atoms with Crippen LogP contribution in [0.5, 0.6) is 17.2 Å². The van der Waals surface area contributed by atoms with Crippen molar-refractivity contribution in [2.75, 3.05) is 34.4 Å². The summed E-state index contributed by atoms with van der Waals surface area (Å²) in [5.74, 6) is 2.23. The van der Waals surface area contributed by atoms with E-state index >= 15 is 0 Å². The number of carbonyl (C=O) groups excluding carboxylic acids is 1. The quantitative estimate of drug-likeness (QED) is 0.504. The highest BCUT2D eigenvalue weighted by Gasteiger charge is 2.35. The van der Waals surface area contributed by atoms with Crippen molar-refractivity contribution in [2.45, 2.75) is 57.5 Å². The maximum absolute atomic E-state index is 13.6. The van der Waals surface area contributed by atoms with Gasteiger partial charge in [0, 0.05) is 24.1 Å². The van der Waals surface area contributed by atoms with Gasteiger partial charge >= 0.3 is 0 Å².